The van der Waals surface area contributed by atoms with Crippen LogP contribution in [0.2, 0.25) is 0 Å². The van der Waals surface area contributed by atoms with Crippen molar-refractivity contribution in [2.24, 2.45) is 5.73 Å². The number of aliphatic hydroxyl groups is 1. The average Bonchev–Trinajstić information content (AvgIpc) is 2.13. The zero-order chi connectivity index (χ0) is 9.94. The van der Waals surface area contributed by atoms with E-state index in [0.717, 1.165) is 26.0 Å². The van der Waals surface area contributed by atoms with Crippen LogP contribution in [-0.2, 0) is 4.74 Å². The minimum absolute atomic E-state index is 0.414. The maximum atomic E-state index is 9.35. The second-order valence-electron chi connectivity index (χ2n) is 3.08. The number of nitrogens with two attached hydrogens (primary N) is 1. The van der Waals surface area contributed by atoms with Gasteiger partial charge in [-0.25, -0.2) is 0 Å². The third-order valence-corrected chi connectivity index (χ3v) is 1.65. The zero-order valence-electron chi connectivity index (χ0n) is 8.46. The predicted molar refractivity (Wildman–Crippen MR) is 53.7 cm³/mol. The lowest BCUT2D eigenvalue weighted by molar-refractivity contribution is 0.0361. The molecule has 4 heteroatoms. The van der Waals surface area contributed by atoms with Gasteiger partial charge in [-0.3, -0.25) is 0 Å². The Labute approximate surface area is 80.5 Å². The second kappa shape index (κ2) is 9.92. The quantitative estimate of drug-likeness (QED) is 0.437. The van der Waals surface area contributed by atoms with E-state index in [0.29, 0.717) is 19.7 Å². The molecule has 0 amide bonds. The zero-order valence-corrected chi connectivity index (χ0v) is 8.46. The first-order valence-electron chi connectivity index (χ1n) is 4.97. The number of aliphatic hydroxyl groups excluding tert-OH is 1. The summed E-state index contributed by atoms with van der Waals surface area (Å²) in [5.74, 6) is 0. The van der Waals surface area contributed by atoms with Crippen molar-refractivity contribution in [2.45, 2.75) is 25.9 Å². The minimum atomic E-state index is -0.414. The Morgan fingerprint density at radius 3 is 2.92 bits per heavy atom. The Balaban J connectivity index is 3.05. The molecule has 0 spiro atoms. The first-order valence-corrected chi connectivity index (χ1v) is 4.97. The van der Waals surface area contributed by atoms with Crippen molar-refractivity contribution in [1.29, 1.82) is 0 Å². The van der Waals surface area contributed by atoms with Crippen molar-refractivity contribution in [3.05, 3.63) is 0 Å². The van der Waals surface area contributed by atoms with E-state index in [1.54, 1.807) is 0 Å². The van der Waals surface area contributed by atoms with Crippen molar-refractivity contribution in [1.82, 2.24) is 5.32 Å². The highest BCUT2D eigenvalue weighted by atomic mass is 16.5. The lowest BCUT2D eigenvalue weighted by Crippen LogP contribution is -2.33. The topological polar surface area (TPSA) is 67.5 Å². The van der Waals surface area contributed by atoms with Gasteiger partial charge < -0.3 is 20.9 Å². The summed E-state index contributed by atoms with van der Waals surface area (Å²) in [6.45, 7) is 5.17. The van der Waals surface area contributed by atoms with Crippen LogP contribution >= 0.6 is 0 Å². The van der Waals surface area contributed by atoms with Gasteiger partial charge in [0.15, 0.2) is 0 Å². The van der Waals surface area contributed by atoms with Gasteiger partial charge >= 0.3 is 0 Å². The van der Waals surface area contributed by atoms with E-state index in [1.807, 2.05) is 0 Å². The van der Waals surface area contributed by atoms with Gasteiger partial charge in [0.2, 0.25) is 0 Å². The van der Waals surface area contributed by atoms with E-state index in [-0.39, 0.29) is 0 Å². The van der Waals surface area contributed by atoms with Crippen molar-refractivity contribution < 1.29 is 9.84 Å². The molecule has 4 N–H and O–H groups in total. The van der Waals surface area contributed by atoms with Crippen molar-refractivity contribution in [3.63, 3.8) is 0 Å². The lowest BCUT2D eigenvalue weighted by Gasteiger charge is -2.11. The Hall–Kier alpha value is -0.160. The van der Waals surface area contributed by atoms with E-state index in [4.69, 9.17) is 10.5 Å². The summed E-state index contributed by atoms with van der Waals surface area (Å²) in [4.78, 5) is 0. The SMILES string of the molecule is CCCCOC[C@@H](O)CNCCN. The highest BCUT2D eigenvalue weighted by Crippen LogP contribution is 1.89. The average molecular weight is 190 g/mol. The van der Waals surface area contributed by atoms with E-state index in [2.05, 4.69) is 12.2 Å². The summed E-state index contributed by atoms with van der Waals surface area (Å²) in [5.41, 5.74) is 5.28. The maximum absolute atomic E-state index is 9.35. The molecule has 0 aliphatic carbocycles. The normalized spacial score (nSPS) is 13.2. The van der Waals surface area contributed by atoms with E-state index >= 15 is 0 Å². The monoisotopic (exact) mass is 190 g/mol. The summed E-state index contributed by atoms with van der Waals surface area (Å²) in [6.07, 6.45) is 1.77. The van der Waals surface area contributed by atoms with Gasteiger partial charge in [-0.15, -0.1) is 0 Å². The predicted octanol–water partition coefficient (Wildman–Crippen LogP) is -0.288. The number of nitrogens with one attached hydrogen (secondary N) is 1. The molecule has 0 aromatic heterocycles. The van der Waals surface area contributed by atoms with Crippen LogP contribution in [0.4, 0.5) is 0 Å². The Morgan fingerprint density at radius 2 is 2.31 bits per heavy atom. The van der Waals surface area contributed by atoms with Gasteiger partial charge in [-0.05, 0) is 6.42 Å². The van der Waals surface area contributed by atoms with Gasteiger partial charge in [0.05, 0.1) is 12.7 Å². The Bertz CT molecular complexity index is 102. The van der Waals surface area contributed by atoms with E-state index in [9.17, 15) is 5.11 Å². The number of rotatable bonds is 9. The van der Waals surface area contributed by atoms with E-state index in [1.165, 1.54) is 0 Å². The molecule has 0 aliphatic rings. The molecule has 0 aromatic rings. The summed E-state index contributed by atoms with van der Waals surface area (Å²) >= 11 is 0. The molecule has 0 heterocycles. The van der Waals surface area contributed by atoms with Crippen molar-refractivity contribution in [3.8, 4) is 0 Å². The molecule has 4 nitrogen and oxygen atoms in total. The molecule has 0 unspecified atom stereocenters. The molecule has 0 fully saturated rings. The van der Waals surface area contributed by atoms with Gasteiger partial charge in [0, 0.05) is 26.2 Å². The van der Waals surface area contributed by atoms with Crippen molar-refractivity contribution >= 4 is 0 Å². The van der Waals surface area contributed by atoms with Gasteiger partial charge in [-0.1, -0.05) is 13.3 Å². The highest BCUT2D eigenvalue weighted by Gasteiger charge is 2.02. The van der Waals surface area contributed by atoms with Crippen LogP contribution in [0.3, 0.4) is 0 Å². The van der Waals surface area contributed by atoms with Crippen molar-refractivity contribution in [2.75, 3.05) is 32.8 Å². The van der Waals surface area contributed by atoms with Crippen LogP contribution in [0, 0.1) is 0 Å². The first-order chi connectivity index (χ1) is 6.31. The third-order valence-electron chi connectivity index (χ3n) is 1.65. The number of hydrogen-bond acceptors (Lipinski definition) is 4. The molecule has 13 heavy (non-hydrogen) atoms. The van der Waals surface area contributed by atoms with Crippen LogP contribution in [-0.4, -0.2) is 44.1 Å². The summed E-state index contributed by atoms with van der Waals surface area (Å²) in [5, 5.41) is 12.4. The van der Waals surface area contributed by atoms with Gasteiger partial charge in [-0.2, -0.15) is 0 Å². The molecular weight excluding hydrogens is 168 g/mol. The van der Waals surface area contributed by atoms with Crippen LogP contribution < -0.4 is 11.1 Å². The maximum Gasteiger partial charge on any atom is 0.0897 e. The molecular formula is C9H22N2O2. The Morgan fingerprint density at radius 1 is 1.54 bits per heavy atom. The Kier molecular flexibility index (Phi) is 9.80. The molecule has 0 aliphatic heterocycles. The van der Waals surface area contributed by atoms with Gasteiger partial charge in [0.1, 0.15) is 0 Å². The summed E-state index contributed by atoms with van der Waals surface area (Å²) < 4.78 is 5.25. The molecule has 0 saturated heterocycles. The van der Waals surface area contributed by atoms with Crippen LogP contribution in [0.5, 0.6) is 0 Å². The largest absolute Gasteiger partial charge is 0.389 e. The number of hydrogen-bond donors (Lipinski definition) is 3. The molecule has 1 atom stereocenters. The summed E-state index contributed by atoms with van der Waals surface area (Å²) in [7, 11) is 0. The fraction of sp³-hybridized carbons (Fsp3) is 1.00. The third kappa shape index (κ3) is 9.76. The fourth-order valence-corrected chi connectivity index (χ4v) is 0.895. The van der Waals surface area contributed by atoms with Gasteiger partial charge in [0.25, 0.3) is 0 Å². The van der Waals surface area contributed by atoms with Crippen LogP contribution in [0.25, 0.3) is 0 Å². The van der Waals surface area contributed by atoms with E-state index < -0.39 is 6.10 Å². The molecule has 80 valence electrons. The number of ether oxygens (including phenoxy) is 1. The number of unbranched alkanes of at least 4 members (excludes halogenated alkanes) is 1. The molecule has 0 aromatic carbocycles. The molecule has 0 radical (unpaired) electrons. The smallest absolute Gasteiger partial charge is 0.0897 e. The highest BCUT2D eigenvalue weighted by molar-refractivity contribution is 4.58. The molecule has 0 bridgehead atoms. The van der Waals surface area contributed by atoms with Crippen LogP contribution in [0.15, 0.2) is 0 Å². The molecule has 0 rings (SSSR count). The fourth-order valence-electron chi connectivity index (χ4n) is 0.895. The van der Waals surface area contributed by atoms with Crippen LogP contribution in [0.1, 0.15) is 19.8 Å². The second-order valence-corrected chi connectivity index (χ2v) is 3.08. The summed E-state index contributed by atoms with van der Waals surface area (Å²) in [6, 6.07) is 0. The first kappa shape index (κ1) is 12.8. The lowest BCUT2D eigenvalue weighted by atomic mass is 10.3. The molecule has 0 saturated carbocycles. The minimum Gasteiger partial charge on any atom is -0.389 e. The standard InChI is InChI=1S/C9H22N2O2/c1-2-3-6-13-8-9(12)7-11-5-4-10/h9,11-12H,2-8,10H2,1H3/t9-/m0/s1.